The molecule has 0 bridgehead atoms. The van der Waals surface area contributed by atoms with Crippen LogP contribution in [-0.2, 0) is 6.54 Å². The van der Waals surface area contributed by atoms with Gasteiger partial charge in [-0.25, -0.2) is 14.9 Å². The molecule has 0 aliphatic carbocycles. The molecule has 20 heavy (non-hydrogen) atoms. The molecule has 0 saturated heterocycles. The summed E-state index contributed by atoms with van der Waals surface area (Å²) >= 11 is 0. The third-order valence-electron chi connectivity index (χ3n) is 2.63. The number of nitrogens with zero attached hydrogens (tertiary/aromatic N) is 3. The number of nitrogens with one attached hydrogen (secondary N) is 1. The van der Waals surface area contributed by atoms with Crippen molar-refractivity contribution < 1.29 is 13.9 Å². The van der Waals surface area contributed by atoms with Gasteiger partial charge in [-0.05, 0) is 18.6 Å². The molecule has 0 aliphatic rings. The number of hydrogen-bond acceptors (Lipinski definition) is 5. The zero-order chi connectivity index (χ0) is 14.5. The van der Waals surface area contributed by atoms with Crippen molar-refractivity contribution in [3.8, 4) is 5.75 Å². The number of hydrogen-bond donors (Lipinski definition) is 2. The van der Waals surface area contributed by atoms with Crippen molar-refractivity contribution in [1.82, 2.24) is 20.4 Å². The first-order chi connectivity index (χ1) is 9.60. The summed E-state index contributed by atoms with van der Waals surface area (Å²) in [4.78, 5) is 11.2. The minimum absolute atomic E-state index is 0.119. The third kappa shape index (κ3) is 3.29. The molecule has 1 aromatic carbocycles. The standard InChI is InChI=1S/C12H14FN5O2/c1-8-2-3-9(6-10(8)13)20-5-4-18-7-11(16-17-18)12(19)15-14/h2-3,6-7H,4-5,14H2,1H3,(H,15,19). The molecule has 1 aromatic heterocycles. The zero-order valence-corrected chi connectivity index (χ0v) is 10.8. The van der Waals surface area contributed by atoms with Crippen LogP contribution in [0, 0.1) is 12.7 Å². The molecule has 0 spiro atoms. The molecule has 0 unspecified atom stereocenters. The van der Waals surface area contributed by atoms with Crippen molar-refractivity contribution in [2.75, 3.05) is 6.61 Å². The lowest BCUT2D eigenvalue weighted by atomic mass is 10.2. The first-order valence-electron chi connectivity index (χ1n) is 5.90. The molecular formula is C12H14FN5O2. The lowest BCUT2D eigenvalue weighted by molar-refractivity contribution is 0.0948. The molecule has 3 N–H and O–H groups in total. The van der Waals surface area contributed by atoms with Crippen molar-refractivity contribution in [3.05, 3.63) is 41.5 Å². The first kappa shape index (κ1) is 13.9. The summed E-state index contributed by atoms with van der Waals surface area (Å²) in [6.07, 6.45) is 1.45. The maximum absolute atomic E-state index is 13.3. The summed E-state index contributed by atoms with van der Waals surface area (Å²) in [7, 11) is 0. The van der Waals surface area contributed by atoms with Crippen molar-refractivity contribution in [2.45, 2.75) is 13.5 Å². The number of nitrogen functional groups attached to an aromatic ring is 1. The van der Waals surface area contributed by atoms with E-state index in [0.717, 1.165) is 0 Å². The Bertz CT molecular complexity index is 614. The molecule has 0 radical (unpaired) electrons. The summed E-state index contributed by atoms with van der Waals surface area (Å²) in [6.45, 7) is 2.33. The number of halogens is 1. The number of ether oxygens (including phenoxy) is 1. The molecule has 1 heterocycles. The number of amides is 1. The summed E-state index contributed by atoms with van der Waals surface area (Å²) in [5.74, 6) is 4.59. The van der Waals surface area contributed by atoms with Gasteiger partial charge in [-0.2, -0.15) is 0 Å². The van der Waals surface area contributed by atoms with Gasteiger partial charge in [0.2, 0.25) is 0 Å². The highest BCUT2D eigenvalue weighted by Gasteiger charge is 2.08. The van der Waals surface area contributed by atoms with E-state index in [2.05, 4.69) is 10.3 Å². The minimum Gasteiger partial charge on any atom is -0.492 e. The number of aryl methyl sites for hydroxylation is 1. The molecule has 0 fully saturated rings. The van der Waals surface area contributed by atoms with Crippen molar-refractivity contribution >= 4 is 5.91 Å². The Kier molecular flexibility index (Phi) is 4.26. The van der Waals surface area contributed by atoms with Gasteiger partial charge in [0, 0.05) is 6.07 Å². The number of nitrogens with two attached hydrogens (primary N) is 1. The number of carbonyl (C=O) groups excluding carboxylic acids is 1. The molecule has 106 valence electrons. The van der Waals surface area contributed by atoms with E-state index < -0.39 is 5.91 Å². The van der Waals surface area contributed by atoms with E-state index in [-0.39, 0.29) is 18.1 Å². The Balaban J connectivity index is 1.88. The fourth-order valence-corrected chi connectivity index (χ4v) is 1.51. The SMILES string of the molecule is Cc1ccc(OCCn2cc(C(=O)NN)nn2)cc1F. The fourth-order valence-electron chi connectivity index (χ4n) is 1.51. The second-order valence-corrected chi connectivity index (χ2v) is 4.10. The third-order valence-corrected chi connectivity index (χ3v) is 2.63. The van der Waals surface area contributed by atoms with Gasteiger partial charge in [0.1, 0.15) is 18.2 Å². The Hall–Kier alpha value is -2.48. The number of carbonyl (C=O) groups is 1. The summed E-state index contributed by atoms with van der Waals surface area (Å²) < 4.78 is 20.1. The predicted molar refractivity (Wildman–Crippen MR) is 68.3 cm³/mol. The second kappa shape index (κ2) is 6.11. The molecule has 1 amide bonds. The number of benzene rings is 1. The van der Waals surface area contributed by atoms with E-state index in [1.165, 1.54) is 16.9 Å². The zero-order valence-electron chi connectivity index (χ0n) is 10.8. The maximum Gasteiger partial charge on any atom is 0.287 e. The van der Waals surface area contributed by atoms with Crippen LogP contribution in [-0.4, -0.2) is 27.5 Å². The molecule has 0 aliphatic heterocycles. The van der Waals surface area contributed by atoms with Crippen LogP contribution < -0.4 is 16.0 Å². The molecule has 0 saturated carbocycles. The van der Waals surface area contributed by atoms with E-state index in [1.54, 1.807) is 19.1 Å². The van der Waals surface area contributed by atoms with Gasteiger partial charge < -0.3 is 4.74 Å². The van der Waals surface area contributed by atoms with Gasteiger partial charge in [-0.3, -0.25) is 10.2 Å². The van der Waals surface area contributed by atoms with Gasteiger partial charge in [-0.1, -0.05) is 11.3 Å². The van der Waals surface area contributed by atoms with Crippen LogP contribution in [0.15, 0.2) is 24.4 Å². The van der Waals surface area contributed by atoms with Crippen molar-refractivity contribution in [1.29, 1.82) is 0 Å². The quantitative estimate of drug-likeness (QED) is 0.469. The van der Waals surface area contributed by atoms with Gasteiger partial charge in [0.25, 0.3) is 5.91 Å². The van der Waals surface area contributed by atoms with Crippen LogP contribution in [0.25, 0.3) is 0 Å². The van der Waals surface area contributed by atoms with Crippen LogP contribution in [0.2, 0.25) is 0 Å². The minimum atomic E-state index is -0.516. The number of aromatic nitrogens is 3. The Labute approximate surface area is 114 Å². The number of hydrazine groups is 1. The van der Waals surface area contributed by atoms with E-state index in [4.69, 9.17) is 10.6 Å². The first-order valence-corrected chi connectivity index (χ1v) is 5.90. The number of rotatable bonds is 5. The summed E-state index contributed by atoms with van der Waals surface area (Å²) in [5, 5.41) is 7.39. The van der Waals surface area contributed by atoms with Gasteiger partial charge in [0.05, 0.1) is 12.7 Å². The Morgan fingerprint density at radius 2 is 2.35 bits per heavy atom. The van der Waals surface area contributed by atoms with Crippen LogP contribution in [0.4, 0.5) is 4.39 Å². The van der Waals surface area contributed by atoms with Crippen LogP contribution in [0.5, 0.6) is 5.75 Å². The molecule has 7 nitrogen and oxygen atoms in total. The van der Waals surface area contributed by atoms with Crippen LogP contribution >= 0.6 is 0 Å². The normalized spacial score (nSPS) is 10.3. The van der Waals surface area contributed by atoms with Crippen molar-refractivity contribution in [3.63, 3.8) is 0 Å². The van der Waals surface area contributed by atoms with Crippen LogP contribution in [0.1, 0.15) is 16.1 Å². The molecule has 2 rings (SSSR count). The topological polar surface area (TPSA) is 95.1 Å². The highest BCUT2D eigenvalue weighted by atomic mass is 19.1. The average molecular weight is 279 g/mol. The largest absolute Gasteiger partial charge is 0.492 e. The predicted octanol–water partition coefficient (Wildman–Crippen LogP) is 0.408. The summed E-state index contributed by atoms with van der Waals surface area (Å²) in [5.41, 5.74) is 2.64. The Morgan fingerprint density at radius 1 is 1.55 bits per heavy atom. The van der Waals surface area contributed by atoms with E-state index in [0.29, 0.717) is 17.9 Å². The Morgan fingerprint density at radius 3 is 3.05 bits per heavy atom. The van der Waals surface area contributed by atoms with E-state index in [1.807, 2.05) is 5.43 Å². The van der Waals surface area contributed by atoms with Gasteiger partial charge >= 0.3 is 0 Å². The average Bonchev–Trinajstić information content (AvgIpc) is 2.91. The molecule has 8 heteroatoms. The molecule has 2 aromatic rings. The lowest BCUT2D eigenvalue weighted by Gasteiger charge is -2.06. The van der Waals surface area contributed by atoms with Gasteiger partial charge in [-0.15, -0.1) is 5.10 Å². The lowest BCUT2D eigenvalue weighted by Crippen LogP contribution is -2.30. The smallest absolute Gasteiger partial charge is 0.287 e. The highest BCUT2D eigenvalue weighted by molar-refractivity contribution is 5.91. The monoisotopic (exact) mass is 279 g/mol. The summed E-state index contributed by atoms with van der Waals surface area (Å²) in [6, 6.07) is 4.65. The van der Waals surface area contributed by atoms with Crippen LogP contribution in [0.3, 0.4) is 0 Å². The van der Waals surface area contributed by atoms with E-state index >= 15 is 0 Å². The highest BCUT2D eigenvalue weighted by Crippen LogP contribution is 2.15. The fraction of sp³-hybridized carbons (Fsp3) is 0.250. The molecule has 0 atom stereocenters. The molecular weight excluding hydrogens is 265 g/mol. The maximum atomic E-state index is 13.3. The van der Waals surface area contributed by atoms with E-state index in [9.17, 15) is 9.18 Å². The second-order valence-electron chi connectivity index (χ2n) is 4.10. The van der Waals surface area contributed by atoms with Crippen molar-refractivity contribution in [2.24, 2.45) is 5.84 Å². The van der Waals surface area contributed by atoms with Gasteiger partial charge in [0.15, 0.2) is 5.69 Å².